The number of aliphatic hydroxyl groups excluding tert-OH is 1. The first-order chi connectivity index (χ1) is 8.26. The summed E-state index contributed by atoms with van der Waals surface area (Å²) < 4.78 is 10.5. The lowest BCUT2D eigenvalue weighted by atomic mass is 10.2. The highest BCUT2D eigenvalue weighted by atomic mass is 16.5. The molecule has 1 rings (SSSR count). The Hall–Kier alpha value is -1.10. The van der Waals surface area contributed by atoms with E-state index < -0.39 is 0 Å². The number of aliphatic hydroxyl groups is 1. The fourth-order valence-electron chi connectivity index (χ4n) is 1.54. The highest BCUT2D eigenvalue weighted by Crippen LogP contribution is 2.14. The lowest BCUT2D eigenvalue weighted by molar-refractivity contribution is 0.146. The summed E-state index contributed by atoms with van der Waals surface area (Å²) in [5.74, 6) is 0.858. The molecule has 17 heavy (non-hydrogen) atoms. The SMILES string of the molecule is COCCOc1cccc(CN(C)CCO)c1. The summed E-state index contributed by atoms with van der Waals surface area (Å²) in [4.78, 5) is 2.06. The third kappa shape index (κ3) is 5.68. The summed E-state index contributed by atoms with van der Waals surface area (Å²) in [7, 11) is 3.64. The van der Waals surface area contributed by atoms with Gasteiger partial charge < -0.3 is 14.6 Å². The molecule has 0 aromatic heterocycles. The Bertz CT molecular complexity index is 317. The van der Waals surface area contributed by atoms with Gasteiger partial charge >= 0.3 is 0 Å². The van der Waals surface area contributed by atoms with E-state index in [1.165, 1.54) is 5.56 Å². The molecule has 0 saturated heterocycles. The van der Waals surface area contributed by atoms with Gasteiger partial charge in [0.25, 0.3) is 0 Å². The molecule has 0 spiro atoms. The van der Waals surface area contributed by atoms with Crippen LogP contribution < -0.4 is 4.74 Å². The van der Waals surface area contributed by atoms with Gasteiger partial charge in [-0.2, -0.15) is 0 Å². The third-order valence-corrected chi connectivity index (χ3v) is 2.39. The van der Waals surface area contributed by atoms with Gasteiger partial charge in [-0.25, -0.2) is 0 Å². The molecular formula is C13H21NO3. The van der Waals surface area contributed by atoms with Crippen LogP contribution in [0.2, 0.25) is 0 Å². The van der Waals surface area contributed by atoms with Crippen molar-refractivity contribution in [3.8, 4) is 5.75 Å². The summed E-state index contributed by atoms with van der Waals surface area (Å²) in [5.41, 5.74) is 1.18. The van der Waals surface area contributed by atoms with Crippen molar-refractivity contribution in [2.45, 2.75) is 6.54 Å². The van der Waals surface area contributed by atoms with Gasteiger partial charge in [0.2, 0.25) is 0 Å². The first-order valence-electron chi connectivity index (χ1n) is 5.76. The maximum atomic E-state index is 8.83. The van der Waals surface area contributed by atoms with Crippen LogP contribution in [0.4, 0.5) is 0 Å². The van der Waals surface area contributed by atoms with Gasteiger partial charge in [-0.15, -0.1) is 0 Å². The second kappa shape index (κ2) is 8.06. The topological polar surface area (TPSA) is 41.9 Å². The average Bonchev–Trinajstić information content (AvgIpc) is 2.30. The number of ether oxygens (including phenoxy) is 2. The van der Waals surface area contributed by atoms with Gasteiger partial charge in [0.15, 0.2) is 0 Å². The predicted octanol–water partition coefficient (Wildman–Crippen LogP) is 1.14. The Morgan fingerprint density at radius 3 is 2.82 bits per heavy atom. The summed E-state index contributed by atoms with van der Waals surface area (Å²) in [6, 6.07) is 7.98. The Morgan fingerprint density at radius 2 is 2.12 bits per heavy atom. The van der Waals surface area contributed by atoms with Crippen LogP contribution >= 0.6 is 0 Å². The molecule has 0 unspecified atom stereocenters. The first-order valence-corrected chi connectivity index (χ1v) is 5.76. The number of methoxy groups -OCH3 is 1. The second-order valence-corrected chi connectivity index (χ2v) is 3.95. The molecule has 96 valence electrons. The summed E-state index contributed by atoms with van der Waals surface area (Å²) >= 11 is 0. The van der Waals surface area contributed by atoms with E-state index in [4.69, 9.17) is 14.6 Å². The summed E-state index contributed by atoms with van der Waals surface area (Å²) in [6.45, 7) is 2.82. The largest absolute Gasteiger partial charge is 0.491 e. The van der Waals surface area contributed by atoms with Crippen molar-refractivity contribution < 1.29 is 14.6 Å². The smallest absolute Gasteiger partial charge is 0.119 e. The zero-order valence-electron chi connectivity index (χ0n) is 10.6. The normalized spacial score (nSPS) is 10.8. The van der Waals surface area contributed by atoms with Crippen molar-refractivity contribution in [2.75, 3.05) is 40.5 Å². The van der Waals surface area contributed by atoms with Crippen molar-refractivity contribution >= 4 is 0 Å². The molecular weight excluding hydrogens is 218 g/mol. The molecule has 0 fully saturated rings. The van der Waals surface area contributed by atoms with Crippen molar-refractivity contribution in [3.05, 3.63) is 29.8 Å². The van der Waals surface area contributed by atoms with E-state index in [0.717, 1.165) is 12.3 Å². The van der Waals surface area contributed by atoms with E-state index >= 15 is 0 Å². The first kappa shape index (κ1) is 14.0. The molecule has 1 aromatic rings. The average molecular weight is 239 g/mol. The summed E-state index contributed by atoms with van der Waals surface area (Å²) in [5, 5.41) is 8.83. The Morgan fingerprint density at radius 1 is 1.29 bits per heavy atom. The standard InChI is InChI=1S/C13H21NO3/c1-14(6-7-15)11-12-4-3-5-13(10-12)17-9-8-16-2/h3-5,10,15H,6-9,11H2,1-2H3. The molecule has 0 heterocycles. The van der Waals surface area contributed by atoms with E-state index in [1.54, 1.807) is 7.11 Å². The van der Waals surface area contributed by atoms with Gasteiger partial charge in [0.1, 0.15) is 12.4 Å². The van der Waals surface area contributed by atoms with Crippen LogP contribution in [0.1, 0.15) is 5.56 Å². The molecule has 0 bridgehead atoms. The van der Waals surface area contributed by atoms with Crippen LogP contribution in [0.25, 0.3) is 0 Å². The highest BCUT2D eigenvalue weighted by molar-refractivity contribution is 5.28. The maximum absolute atomic E-state index is 8.83. The number of nitrogens with zero attached hydrogens (tertiary/aromatic N) is 1. The number of likely N-dealkylation sites (N-methyl/N-ethyl adjacent to an activating group) is 1. The highest BCUT2D eigenvalue weighted by Gasteiger charge is 2.01. The maximum Gasteiger partial charge on any atom is 0.119 e. The van der Waals surface area contributed by atoms with Crippen molar-refractivity contribution in [1.29, 1.82) is 0 Å². The van der Waals surface area contributed by atoms with E-state index in [9.17, 15) is 0 Å². The molecule has 0 radical (unpaired) electrons. The molecule has 0 aliphatic rings. The minimum absolute atomic E-state index is 0.181. The van der Waals surface area contributed by atoms with E-state index in [2.05, 4.69) is 11.0 Å². The molecule has 0 amide bonds. The minimum atomic E-state index is 0.181. The van der Waals surface area contributed by atoms with Crippen LogP contribution in [-0.4, -0.2) is 50.5 Å². The molecule has 0 atom stereocenters. The van der Waals surface area contributed by atoms with Crippen LogP contribution in [0, 0.1) is 0 Å². The second-order valence-electron chi connectivity index (χ2n) is 3.95. The van der Waals surface area contributed by atoms with Gasteiger partial charge in [-0.3, -0.25) is 4.90 Å². The molecule has 4 nitrogen and oxygen atoms in total. The van der Waals surface area contributed by atoms with Crippen LogP contribution in [0.5, 0.6) is 5.75 Å². The number of hydrogen-bond acceptors (Lipinski definition) is 4. The van der Waals surface area contributed by atoms with Crippen molar-refractivity contribution in [1.82, 2.24) is 4.90 Å². The van der Waals surface area contributed by atoms with Gasteiger partial charge in [0.05, 0.1) is 13.2 Å². The van der Waals surface area contributed by atoms with Gasteiger partial charge in [-0.05, 0) is 24.7 Å². The fourth-order valence-corrected chi connectivity index (χ4v) is 1.54. The molecule has 1 aromatic carbocycles. The van der Waals surface area contributed by atoms with E-state index in [0.29, 0.717) is 19.8 Å². The lowest BCUT2D eigenvalue weighted by Gasteiger charge is -2.15. The third-order valence-electron chi connectivity index (χ3n) is 2.39. The quantitative estimate of drug-likeness (QED) is 0.691. The molecule has 4 heteroatoms. The monoisotopic (exact) mass is 239 g/mol. The Kier molecular flexibility index (Phi) is 6.62. The predicted molar refractivity (Wildman–Crippen MR) is 67.2 cm³/mol. The zero-order valence-corrected chi connectivity index (χ0v) is 10.6. The number of rotatable bonds is 8. The van der Waals surface area contributed by atoms with Crippen molar-refractivity contribution in [2.24, 2.45) is 0 Å². The summed E-state index contributed by atoms with van der Waals surface area (Å²) in [6.07, 6.45) is 0. The van der Waals surface area contributed by atoms with E-state index in [-0.39, 0.29) is 6.61 Å². The Balaban J connectivity index is 2.47. The van der Waals surface area contributed by atoms with Crippen molar-refractivity contribution in [3.63, 3.8) is 0 Å². The zero-order chi connectivity index (χ0) is 12.5. The lowest BCUT2D eigenvalue weighted by Crippen LogP contribution is -2.21. The van der Waals surface area contributed by atoms with E-state index in [1.807, 2.05) is 25.2 Å². The van der Waals surface area contributed by atoms with Crippen LogP contribution in [-0.2, 0) is 11.3 Å². The number of benzene rings is 1. The minimum Gasteiger partial charge on any atom is -0.491 e. The van der Waals surface area contributed by atoms with Gasteiger partial charge in [-0.1, -0.05) is 12.1 Å². The molecule has 0 aliphatic carbocycles. The molecule has 0 aliphatic heterocycles. The number of hydrogen-bond donors (Lipinski definition) is 1. The van der Waals surface area contributed by atoms with Crippen LogP contribution in [0.3, 0.4) is 0 Å². The van der Waals surface area contributed by atoms with Gasteiger partial charge in [0, 0.05) is 20.2 Å². The fraction of sp³-hybridized carbons (Fsp3) is 0.538. The Labute approximate surface area is 103 Å². The molecule has 0 saturated carbocycles. The van der Waals surface area contributed by atoms with Crippen LogP contribution in [0.15, 0.2) is 24.3 Å². The molecule has 1 N–H and O–H groups in total.